The molecule has 0 saturated carbocycles. The van der Waals surface area contributed by atoms with Crippen LogP contribution in [-0.2, 0) is 4.79 Å². The number of amides is 1. The maximum Gasteiger partial charge on any atom is 0.326 e. The van der Waals surface area contributed by atoms with E-state index in [4.69, 9.17) is 16.7 Å². The molecule has 1 aliphatic heterocycles. The van der Waals surface area contributed by atoms with Crippen molar-refractivity contribution in [3.8, 4) is 5.69 Å². The minimum atomic E-state index is -0.965. The lowest BCUT2D eigenvalue weighted by Gasteiger charge is -2.20. The van der Waals surface area contributed by atoms with Gasteiger partial charge in [0.05, 0.1) is 17.4 Å². The summed E-state index contributed by atoms with van der Waals surface area (Å²) in [4.78, 5) is 25.0. The molecule has 114 valence electrons. The predicted molar refractivity (Wildman–Crippen MR) is 80.3 cm³/mol. The average molecular weight is 320 g/mol. The molecule has 0 spiro atoms. The zero-order chi connectivity index (χ0) is 15.7. The van der Waals surface area contributed by atoms with Crippen LogP contribution < -0.4 is 0 Å². The fraction of sp³-hybridized carbons (Fsp3) is 0.267. The van der Waals surface area contributed by atoms with E-state index in [0.29, 0.717) is 30.0 Å². The number of carbonyl (C=O) groups is 2. The maximum absolute atomic E-state index is 12.5. The van der Waals surface area contributed by atoms with Gasteiger partial charge in [-0.25, -0.2) is 9.48 Å². The molecule has 0 aliphatic carbocycles. The Bertz CT molecular complexity index is 728. The third kappa shape index (κ3) is 2.69. The van der Waals surface area contributed by atoms with Crippen molar-refractivity contribution in [3.05, 3.63) is 47.2 Å². The Morgan fingerprint density at radius 2 is 2.18 bits per heavy atom. The quantitative estimate of drug-likeness (QED) is 0.941. The van der Waals surface area contributed by atoms with Crippen molar-refractivity contribution in [1.29, 1.82) is 0 Å². The van der Waals surface area contributed by atoms with E-state index in [-0.39, 0.29) is 5.91 Å². The molecule has 1 amide bonds. The second-order valence-corrected chi connectivity index (χ2v) is 5.58. The van der Waals surface area contributed by atoms with Crippen LogP contribution in [0, 0.1) is 0 Å². The van der Waals surface area contributed by atoms with Crippen LogP contribution in [0.3, 0.4) is 0 Å². The van der Waals surface area contributed by atoms with Crippen molar-refractivity contribution in [2.45, 2.75) is 18.9 Å². The highest BCUT2D eigenvalue weighted by Crippen LogP contribution is 2.21. The molecule has 0 unspecified atom stereocenters. The van der Waals surface area contributed by atoms with Gasteiger partial charge in [0.1, 0.15) is 6.04 Å². The third-order valence-corrected chi connectivity index (χ3v) is 3.94. The highest BCUT2D eigenvalue weighted by molar-refractivity contribution is 6.30. The number of benzene rings is 1. The Labute approximate surface area is 131 Å². The molecule has 2 heterocycles. The van der Waals surface area contributed by atoms with Crippen molar-refractivity contribution in [3.63, 3.8) is 0 Å². The van der Waals surface area contributed by atoms with Gasteiger partial charge in [0, 0.05) is 17.8 Å². The zero-order valence-corrected chi connectivity index (χ0v) is 12.4. The van der Waals surface area contributed by atoms with E-state index in [2.05, 4.69) is 5.10 Å². The summed E-state index contributed by atoms with van der Waals surface area (Å²) in [6.45, 7) is 0.456. The first kappa shape index (κ1) is 14.6. The van der Waals surface area contributed by atoms with Crippen LogP contribution in [0.15, 0.2) is 36.7 Å². The Hall–Kier alpha value is -2.34. The van der Waals surface area contributed by atoms with Crippen molar-refractivity contribution in [2.75, 3.05) is 6.54 Å². The Morgan fingerprint density at radius 1 is 1.36 bits per heavy atom. The fourth-order valence-electron chi connectivity index (χ4n) is 2.63. The molecule has 1 aromatic carbocycles. The summed E-state index contributed by atoms with van der Waals surface area (Å²) in [6.07, 6.45) is 4.22. The zero-order valence-electron chi connectivity index (χ0n) is 11.6. The number of carboxylic acid groups (broad SMARTS) is 1. The lowest BCUT2D eigenvalue weighted by atomic mass is 10.2. The molecule has 1 fully saturated rings. The van der Waals surface area contributed by atoms with Gasteiger partial charge in [0.15, 0.2) is 0 Å². The van der Waals surface area contributed by atoms with Crippen LogP contribution in [0.4, 0.5) is 0 Å². The third-order valence-electron chi connectivity index (χ3n) is 3.70. The summed E-state index contributed by atoms with van der Waals surface area (Å²) < 4.78 is 1.55. The average Bonchev–Trinajstić information content (AvgIpc) is 3.16. The highest BCUT2D eigenvalue weighted by Gasteiger charge is 2.34. The van der Waals surface area contributed by atoms with E-state index in [0.717, 1.165) is 5.69 Å². The van der Waals surface area contributed by atoms with Crippen LogP contribution >= 0.6 is 11.6 Å². The standard InChI is InChI=1S/C15H14ClN3O3/c16-11-3-1-4-12(7-11)19-9-10(8-17-19)14(20)18-6-2-5-13(18)15(21)22/h1,3-4,7-9,13H,2,5-6H2,(H,21,22)/t13-/m0/s1. The molecule has 0 bridgehead atoms. The summed E-state index contributed by atoms with van der Waals surface area (Å²) in [6, 6.07) is 6.35. The molecular weight excluding hydrogens is 306 g/mol. The molecular formula is C15H14ClN3O3. The number of halogens is 1. The van der Waals surface area contributed by atoms with E-state index in [1.807, 2.05) is 6.07 Å². The molecule has 1 aromatic heterocycles. The van der Waals surface area contributed by atoms with Crippen LogP contribution in [-0.4, -0.2) is 44.3 Å². The molecule has 22 heavy (non-hydrogen) atoms. The van der Waals surface area contributed by atoms with E-state index in [1.165, 1.54) is 11.1 Å². The summed E-state index contributed by atoms with van der Waals surface area (Å²) in [5.74, 6) is -1.27. The van der Waals surface area contributed by atoms with E-state index < -0.39 is 12.0 Å². The first-order valence-electron chi connectivity index (χ1n) is 6.90. The van der Waals surface area contributed by atoms with Gasteiger partial charge in [-0.3, -0.25) is 4.79 Å². The van der Waals surface area contributed by atoms with Gasteiger partial charge in [-0.15, -0.1) is 0 Å². The molecule has 0 radical (unpaired) electrons. The summed E-state index contributed by atoms with van der Waals surface area (Å²) in [7, 11) is 0. The fourth-order valence-corrected chi connectivity index (χ4v) is 2.81. The molecule has 1 atom stereocenters. The monoisotopic (exact) mass is 319 g/mol. The van der Waals surface area contributed by atoms with Crippen molar-refractivity contribution >= 4 is 23.5 Å². The van der Waals surface area contributed by atoms with Crippen LogP contribution in [0.1, 0.15) is 23.2 Å². The number of aliphatic carboxylic acids is 1. The van der Waals surface area contributed by atoms with E-state index in [9.17, 15) is 9.59 Å². The highest BCUT2D eigenvalue weighted by atomic mass is 35.5. The van der Waals surface area contributed by atoms with Crippen LogP contribution in [0.25, 0.3) is 5.69 Å². The number of nitrogens with zero attached hydrogens (tertiary/aromatic N) is 3. The van der Waals surface area contributed by atoms with Gasteiger partial charge in [0.2, 0.25) is 0 Å². The summed E-state index contributed by atoms with van der Waals surface area (Å²) in [5.41, 5.74) is 1.11. The molecule has 1 aliphatic rings. The molecule has 3 rings (SSSR count). The number of carboxylic acids is 1. The number of aromatic nitrogens is 2. The van der Waals surface area contributed by atoms with Crippen molar-refractivity contribution in [2.24, 2.45) is 0 Å². The lowest BCUT2D eigenvalue weighted by molar-refractivity contribution is -0.141. The van der Waals surface area contributed by atoms with Crippen LogP contribution in [0.2, 0.25) is 5.02 Å². The number of hydrogen-bond donors (Lipinski definition) is 1. The molecule has 6 nitrogen and oxygen atoms in total. The maximum atomic E-state index is 12.5. The first-order chi connectivity index (χ1) is 10.6. The van der Waals surface area contributed by atoms with Gasteiger partial charge >= 0.3 is 5.97 Å². The molecule has 7 heteroatoms. The van der Waals surface area contributed by atoms with Crippen LogP contribution in [0.5, 0.6) is 0 Å². The SMILES string of the molecule is O=C(O)[C@@H]1CCCN1C(=O)c1cnn(-c2cccc(Cl)c2)c1. The molecule has 1 saturated heterocycles. The molecule has 2 aromatic rings. The largest absolute Gasteiger partial charge is 0.480 e. The van der Waals surface area contributed by atoms with Crippen molar-refractivity contribution < 1.29 is 14.7 Å². The predicted octanol–water partition coefficient (Wildman–Crippen LogP) is 2.21. The van der Waals surface area contributed by atoms with Gasteiger partial charge < -0.3 is 10.0 Å². The Morgan fingerprint density at radius 3 is 2.91 bits per heavy atom. The van der Waals surface area contributed by atoms with E-state index in [1.54, 1.807) is 29.1 Å². The van der Waals surface area contributed by atoms with Gasteiger partial charge in [-0.1, -0.05) is 17.7 Å². The van der Waals surface area contributed by atoms with Gasteiger partial charge in [-0.2, -0.15) is 5.10 Å². The normalized spacial score (nSPS) is 17.7. The smallest absolute Gasteiger partial charge is 0.326 e. The van der Waals surface area contributed by atoms with E-state index >= 15 is 0 Å². The Balaban J connectivity index is 1.84. The minimum absolute atomic E-state index is 0.307. The first-order valence-corrected chi connectivity index (χ1v) is 7.28. The van der Waals surface area contributed by atoms with Gasteiger partial charge in [-0.05, 0) is 31.0 Å². The second-order valence-electron chi connectivity index (χ2n) is 5.15. The Kier molecular flexibility index (Phi) is 3.85. The number of carbonyl (C=O) groups excluding carboxylic acids is 1. The minimum Gasteiger partial charge on any atom is -0.480 e. The number of likely N-dealkylation sites (tertiary alicyclic amines) is 1. The number of hydrogen-bond acceptors (Lipinski definition) is 3. The second kappa shape index (κ2) is 5.81. The van der Waals surface area contributed by atoms with Gasteiger partial charge in [0.25, 0.3) is 5.91 Å². The summed E-state index contributed by atoms with van der Waals surface area (Å²) in [5, 5.41) is 13.9. The lowest BCUT2D eigenvalue weighted by Crippen LogP contribution is -2.40. The van der Waals surface area contributed by atoms with Crippen molar-refractivity contribution in [1.82, 2.24) is 14.7 Å². The topological polar surface area (TPSA) is 75.4 Å². The summed E-state index contributed by atoms with van der Waals surface area (Å²) >= 11 is 5.94. The molecule has 1 N–H and O–H groups in total. The number of rotatable bonds is 3.